The second kappa shape index (κ2) is 4.72. The fraction of sp³-hybridized carbons (Fsp3) is 0.364. The number of hydrogen-bond donors (Lipinski definition) is 2. The first-order valence-corrected chi connectivity index (χ1v) is 5.85. The highest BCUT2D eigenvalue weighted by Gasteiger charge is 2.36. The second-order valence-corrected chi connectivity index (χ2v) is 4.76. The summed E-state index contributed by atoms with van der Waals surface area (Å²) in [6.45, 7) is 1.70. The van der Waals surface area contributed by atoms with Gasteiger partial charge in [-0.1, -0.05) is 29.3 Å². The molecule has 3 unspecified atom stereocenters. The Balaban J connectivity index is 2.34. The Morgan fingerprint density at radius 1 is 1.41 bits per heavy atom. The van der Waals surface area contributed by atoms with Gasteiger partial charge in [-0.2, -0.15) is 0 Å². The smallest absolute Gasteiger partial charge is 0.408 e. The fourth-order valence-corrected chi connectivity index (χ4v) is 2.25. The summed E-state index contributed by atoms with van der Waals surface area (Å²) in [6, 6.07) is 4.43. The van der Waals surface area contributed by atoms with Crippen molar-refractivity contribution in [1.82, 2.24) is 5.32 Å². The maximum absolute atomic E-state index is 11.3. The van der Waals surface area contributed by atoms with Gasteiger partial charge in [0.2, 0.25) is 0 Å². The molecule has 92 valence electrons. The number of cyclic esters (lactones) is 1. The predicted octanol–water partition coefficient (Wildman–Crippen LogP) is 2.52. The van der Waals surface area contributed by atoms with E-state index >= 15 is 0 Å². The number of carbonyl (C=O) groups excluding carboxylic acids is 1. The van der Waals surface area contributed by atoms with Crippen LogP contribution in [0, 0.1) is 0 Å². The second-order valence-electron chi connectivity index (χ2n) is 3.92. The first-order valence-electron chi connectivity index (χ1n) is 5.09. The van der Waals surface area contributed by atoms with Gasteiger partial charge in [-0.3, -0.25) is 0 Å². The van der Waals surface area contributed by atoms with Crippen LogP contribution in [0.15, 0.2) is 18.2 Å². The molecule has 1 fully saturated rings. The molecule has 0 saturated carbocycles. The number of carbonyl (C=O) groups is 1. The molecule has 3 atom stereocenters. The molecule has 0 aliphatic carbocycles. The number of benzene rings is 1. The highest BCUT2D eigenvalue weighted by molar-refractivity contribution is 6.35. The Morgan fingerprint density at radius 2 is 2.12 bits per heavy atom. The zero-order chi connectivity index (χ0) is 12.6. The van der Waals surface area contributed by atoms with Crippen molar-refractivity contribution in [3.05, 3.63) is 33.8 Å². The first-order chi connectivity index (χ1) is 7.99. The largest absolute Gasteiger partial charge is 0.438 e. The molecule has 1 heterocycles. The van der Waals surface area contributed by atoms with E-state index in [9.17, 15) is 9.90 Å². The Hall–Kier alpha value is -0.970. The number of aliphatic hydroxyl groups is 1. The average Bonchev–Trinajstić information content (AvgIpc) is 2.24. The molecule has 1 aliphatic heterocycles. The highest BCUT2D eigenvalue weighted by atomic mass is 35.5. The number of amides is 1. The van der Waals surface area contributed by atoms with E-state index in [0.717, 1.165) is 0 Å². The van der Waals surface area contributed by atoms with E-state index in [1.165, 1.54) is 0 Å². The molecular weight excluding hydrogens is 265 g/mol. The molecule has 1 amide bonds. The molecular formula is C11H11Cl2NO3. The third-order valence-electron chi connectivity index (χ3n) is 2.67. The predicted molar refractivity (Wildman–Crippen MR) is 64.3 cm³/mol. The summed E-state index contributed by atoms with van der Waals surface area (Å²) in [5, 5.41) is 13.3. The van der Waals surface area contributed by atoms with Crippen molar-refractivity contribution in [3.8, 4) is 0 Å². The van der Waals surface area contributed by atoms with Crippen molar-refractivity contribution in [2.75, 3.05) is 0 Å². The standard InChI is InChI=1S/C11H11Cl2NO3/c1-5-9(15)10(17-11(16)14-5)7-3-2-6(12)4-8(7)13/h2-5,9-10,15H,1H3,(H,14,16). The quantitative estimate of drug-likeness (QED) is 0.828. The lowest BCUT2D eigenvalue weighted by molar-refractivity contribution is -0.0407. The van der Waals surface area contributed by atoms with E-state index < -0.39 is 24.3 Å². The lowest BCUT2D eigenvalue weighted by Gasteiger charge is -2.33. The molecule has 2 N–H and O–H groups in total. The molecule has 0 aromatic heterocycles. The van der Waals surface area contributed by atoms with E-state index in [0.29, 0.717) is 15.6 Å². The van der Waals surface area contributed by atoms with Crippen LogP contribution >= 0.6 is 23.2 Å². The fourth-order valence-electron chi connectivity index (χ4n) is 1.73. The Kier molecular flexibility index (Phi) is 3.47. The van der Waals surface area contributed by atoms with E-state index in [1.807, 2.05) is 0 Å². The number of aliphatic hydroxyl groups excluding tert-OH is 1. The molecule has 6 heteroatoms. The van der Waals surface area contributed by atoms with Gasteiger partial charge in [0.25, 0.3) is 0 Å². The molecule has 4 nitrogen and oxygen atoms in total. The van der Waals surface area contributed by atoms with Crippen molar-refractivity contribution in [2.24, 2.45) is 0 Å². The number of ether oxygens (including phenoxy) is 1. The van der Waals surface area contributed by atoms with Crippen LogP contribution in [0.4, 0.5) is 4.79 Å². The van der Waals surface area contributed by atoms with Crippen LogP contribution in [-0.4, -0.2) is 23.3 Å². The van der Waals surface area contributed by atoms with Gasteiger partial charge in [0.1, 0.15) is 6.10 Å². The van der Waals surface area contributed by atoms with Gasteiger partial charge in [-0.15, -0.1) is 0 Å². The Morgan fingerprint density at radius 3 is 2.76 bits per heavy atom. The lowest BCUT2D eigenvalue weighted by atomic mass is 9.98. The minimum Gasteiger partial charge on any atom is -0.438 e. The molecule has 0 spiro atoms. The first kappa shape index (κ1) is 12.5. The van der Waals surface area contributed by atoms with Crippen LogP contribution in [-0.2, 0) is 4.74 Å². The SMILES string of the molecule is CC1NC(=O)OC(c2ccc(Cl)cc2Cl)C1O. The molecule has 0 bridgehead atoms. The summed E-state index contributed by atoms with van der Waals surface area (Å²) in [6.07, 6.45) is -2.20. The average molecular weight is 276 g/mol. The number of halogens is 2. The third-order valence-corrected chi connectivity index (χ3v) is 3.23. The van der Waals surface area contributed by atoms with Crippen molar-refractivity contribution in [1.29, 1.82) is 0 Å². The number of hydrogen-bond acceptors (Lipinski definition) is 3. The minimum atomic E-state index is -0.855. The molecule has 1 aliphatic rings. The van der Waals surface area contributed by atoms with Gasteiger partial charge in [0.15, 0.2) is 6.10 Å². The van der Waals surface area contributed by atoms with Gasteiger partial charge in [-0.05, 0) is 19.1 Å². The molecule has 1 saturated heterocycles. The van der Waals surface area contributed by atoms with Crippen LogP contribution in [0.2, 0.25) is 10.0 Å². The number of nitrogens with one attached hydrogen (secondary N) is 1. The number of alkyl carbamates (subject to hydrolysis) is 1. The zero-order valence-corrected chi connectivity index (χ0v) is 10.5. The zero-order valence-electron chi connectivity index (χ0n) is 8.98. The summed E-state index contributed by atoms with van der Waals surface area (Å²) in [7, 11) is 0. The van der Waals surface area contributed by atoms with E-state index in [4.69, 9.17) is 27.9 Å². The van der Waals surface area contributed by atoms with Crippen LogP contribution in [0.3, 0.4) is 0 Å². The highest BCUT2D eigenvalue weighted by Crippen LogP contribution is 2.33. The Labute approximate surface area is 108 Å². The minimum absolute atomic E-state index is 0.364. The third kappa shape index (κ3) is 2.49. The maximum Gasteiger partial charge on any atom is 0.408 e. The van der Waals surface area contributed by atoms with Crippen LogP contribution in [0.25, 0.3) is 0 Å². The number of rotatable bonds is 1. The molecule has 1 aromatic rings. The molecule has 17 heavy (non-hydrogen) atoms. The molecule has 0 radical (unpaired) electrons. The van der Waals surface area contributed by atoms with Crippen LogP contribution < -0.4 is 5.32 Å². The van der Waals surface area contributed by atoms with Gasteiger partial charge in [-0.25, -0.2) is 4.79 Å². The monoisotopic (exact) mass is 275 g/mol. The van der Waals surface area contributed by atoms with Gasteiger partial charge >= 0.3 is 6.09 Å². The summed E-state index contributed by atoms with van der Waals surface area (Å²) >= 11 is 11.8. The van der Waals surface area contributed by atoms with E-state index in [1.54, 1.807) is 25.1 Å². The van der Waals surface area contributed by atoms with Crippen molar-refractivity contribution in [2.45, 2.75) is 25.2 Å². The lowest BCUT2D eigenvalue weighted by Crippen LogP contribution is -2.51. The topological polar surface area (TPSA) is 58.6 Å². The van der Waals surface area contributed by atoms with E-state index in [2.05, 4.69) is 5.32 Å². The molecule has 1 aromatic carbocycles. The van der Waals surface area contributed by atoms with Crippen LogP contribution in [0.1, 0.15) is 18.6 Å². The summed E-state index contributed by atoms with van der Waals surface area (Å²) in [4.78, 5) is 11.3. The van der Waals surface area contributed by atoms with E-state index in [-0.39, 0.29) is 0 Å². The van der Waals surface area contributed by atoms with Crippen molar-refractivity contribution >= 4 is 29.3 Å². The van der Waals surface area contributed by atoms with Gasteiger partial charge in [0.05, 0.1) is 6.04 Å². The van der Waals surface area contributed by atoms with Crippen molar-refractivity contribution < 1.29 is 14.6 Å². The van der Waals surface area contributed by atoms with Gasteiger partial charge < -0.3 is 15.2 Å². The van der Waals surface area contributed by atoms with Crippen LogP contribution in [0.5, 0.6) is 0 Å². The Bertz CT molecular complexity index is 452. The van der Waals surface area contributed by atoms with Crippen molar-refractivity contribution in [3.63, 3.8) is 0 Å². The summed E-state index contributed by atoms with van der Waals surface area (Å²) < 4.78 is 5.05. The normalized spacial score (nSPS) is 28.5. The van der Waals surface area contributed by atoms with Gasteiger partial charge in [0, 0.05) is 15.6 Å². The maximum atomic E-state index is 11.3. The summed E-state index contributed by atoms with van der Waals surface area (Å²) in [5.74, 6) is 0. The molecule has 2 rings (SSSR count). The summed E-state index contributed by atoms with van der Waals surface area (Å²) in [5.41, 5.74) is 0.547.